The van der Waals surface area contributed by atoms with Crippen molar-refractivity contribution in [3.63, 3.8) is 0 Å². The van der Waals surface area contributed by atoms with Crippen molar-refractivity contribution in [1.29, 1.82) is 10.8 Å². The van der Waals surface area contributed by atoms with Crippen LogP contribution in [-0.2, 0) is 12.0 Å². The highest BCUT2D eigenvalue weighted by Crippen LogP contribution is 2.31. The first-order valence-electron chi connectivity index (χ1n) is 9.19. The van der Waals surface area contributed by atoms with Crippen LogP contribution in [0, 0.1) is 30.5 Å². The fourth-order valence-electron chi connectivity index (χ4n) is 3.03. The maximum absolute atomic E-state index is 14.5. The van der Waals surface area contributed by atoms with Gasteiger partial charge in [-0.15, -0.1) is 16.4 Å². The Hall–Kier alpha value is -2.71. The van der Waals surface area contributed by atoms with Gasteiger partial charge < -0.3 is 15.8 Å². The maximum Gasteiger partial charge on any atom is 0.147 e. The van der Waals surface area contributed by atoms with Gasteiger partial charge in [-0.05, 0) is 31.0 Å². The van der Waals surface area contributed by atoms with Crippen molar-refractivity contribution in [2.45, 2.75) is 39.7 Å². The van der Waals surface area contributed by atoms with Gasteiger partial charge in [-0.1, -0.05) is 26.0 Å². The van der Waals surface area contributed by atoms with E-state index in [4.69, 9.17) is 10.8 Å². The lowest BCUT2D eigenvalue weighted by Gasteiger charge is -2.22. The van der Waals surface area contributed by atoms with Crippen LogP contribution >= 0.6 is 11.3 Å². The number of rotatable bonds is 6. The summed E-state index contributed by atoms with van der Waals surface area (Å²) in [6, 6.07) is 4.90. The predicted molar refractivity (Wildman–Crippen MR) is 115 cm³/mol. The lowest BCUT2D eigenvalue weighted by molar-refractivity contribution is 0.218. The molecular formula is C21H24FN5OS. The molecule has 0 fully saturated rings. The van der Waals surface area contributed by atoms with E-state index in [1.807, 2.05) is 27.7 Å². The minimum Gasteiger partial charge on any atom is -0.395 e. The van der Waals surface area contributed by atoms with Gasteiger partial charge in [0.2, 0.25) is 0 Å². The fourth-order valence-corrected chi connectivity index (χ4v) is 4.12. The fraction of sp³-hybridized carbons (Fsp3) is 0.333. The summed E-state index contributed by atoms with van der Waals surface area (Å²) in [5.74, 6) is -0.270. The Kier molecular flexibility index (Phi) is 5.77. The van der Waals surface area contributed by atoms with E-state index in [-0.39, 0.29) is 24.8 Å². The van der Waals surface area contributed by atoms with Gasteiger partial charge in [-0.3, -0.25) is 5.41 Å². The SMILES string of the molecule is Cc1nnc2sc(C(=N)NCc3ccc(C(C)(C)CO)cc3F)c(C=N)c2c1C. The average molecular weight is 414 g/mol. The highest BCUT2D eigenvalue weighted by molar-refractivity contribution is 7.21. The molecule has 3 rings (SSSR count). The van der Waals surface area contributed by atoms with E-state index in [2.05, 4.69) is 15.5 Å². The van der Waals surface area contributed by atoms with Crippen LogP contribution in [0.3, 0.4) is 0 Å². The summed E-state index contributed by atoms with van der Waals surface area (Å²) in [6.07, 6.45) is 1.23. The van der Waals surface area contributed by atoms with Crippen LogP contribution in [0.5, 0.6) is 0 Å². The number of amidine groups is 1. The predicted octanol–water partition coefficient (Wildman–Crippen LogP) is 3.83. The topological polar surface area (TPSA) is 106 Å². The van der Waals surface area contributed by atoms with E-state index in [9.17, 15) is 9.50 Å². The van der Waals surface area contributed by atoms with Crippen LogP contribution < -0.4 is 5.32 Å². The lowest BCUT2D eigenvalue weighted by Crippen LogP contribution is -2.25. The summed E-state index contributed by atoms with van der Waals surface area (Å²) < 4.78 is 14.5. The third kappa shape index (κ3) is 3.90. The highest BCUT2D eigenvalue weighted by Gasteiger charge is 2.21. The van der Waals surface area contributed by atoms with E-state index in [1.54, 1.807) is 12.1 Å². The number of halogens is 1. The molecule has 3 aromatic rings. The van der Waals surface area contributed by atoms with E-state index in [1.165, 1.54) is 23.6 Å². The van der Waals surface area contributed by atoms with E-state index in [0.717, 1.165) is 22.2 Å². The summed E-state index contributed by atoms with van der Waals surface area (Å²) in [7, 11) is 0. The van der Waals surface area contributed by atoms with E-state index >= 15 is 0 Å². The lowest BCUT2D eigenvalue weighted by atomic mass is 9.85. The number of nitrogens with one attached hydrogen (secondary N) is 3. The van der Waals surface area contributed by atoms with Crippen molar-refractivity contribution in [2.24, 2.45) is 0 Å². The summed E-state index contributed by atoms with van der Waals surface area (Å²) in [5, 5.41) is 37.8. The zero-order chi connectivity index (χ0) is 21.3. The van der Waals surface area contributed by atoms with Gasteiger partial charge in [0.05, 0.1) is 17.2 Å². The minimum atomic E-state index is -0.521. The summed E-state index contributed by atoms with van der Waals surface area (Å²) >= 11 is 1.29. The number of fused-ring (bicyclic) bond motifs is 1. The molecule has 8 heteroatoms. The molecule has 4 N–H and O–H groups in total. The van der Waals surface area contributed by atoms with Crippen LogP contribution in [0.2, 0.25) is 0 Å². The smallest absolute Gasteiger partial charge is 0.147 e. The van der Waals surface area contributed by atoms with E-state index < -0.39 is 5.41 Å². The number of hydrogen-bond donors (Lipinski definition) is 4. The second-order valence-corrected chi connectivity index (χ2v) is 8.66. The van der Waals surface area contributed by atoms with Gasteiger partial charge in [-0.2, -0.15) is 5.10 Å². The van der Waals surface area contributed by atoms with Crippen molar-refractivity contribution in [2.75, 3.05) is 6.61 Å². The minimum absolute atomic E-state index is 0.0746. The van der Waals surface area contributed by atoms with Gasteiger partial charge in [0.15, 0.2) is 0 Å². The van der Waals surface area contributed by atoms with Gasteiger partial charge in [0.1, 0.15) is 16.5 Å². The second-order valence-electron chi connectivity index (χ2n) is 7.66. The molecule has 6 nitrogen and oxygen atoms in total. The molecule has 0 amide bonds. The third-order valence-electron chi connectivity index (χ3n) is 5.19. The Morgan fingerprint density at radius 3 is 2.66 bits per heavy atom. The van der Waals surface area contributed by atoms with Crippen molar-refractivity contribution in [1.82, 2.24) is 15.5 Å². The Labute approximate surface area is 172 Å². The molecule has 0 atom stereocenters. The molecule has 0 radical (unpaired) electrons. The monoisotopic (exact) mass is 413 g/mol. The first-order valence-corrected chi connectivity index (χ1v) is 10.0. The number of thiophene rings is 1. The van der Waals surface area contributed by atoms with Crippen LogP contribution in [0.25, 0.3) is 10.2 Å². The Balaban J connectivity index is 1.85. The van der Waals surface area contributed by atoms with Gasteiger partial charge >= 0.3 is 0 Å². The summed E-state index contributed by atoms with van der Waals surface area (Å²) in [4.78, 5) is 1.26. The molecule has 0 aliphatic heterocycles. The molecule has 0 spiro atoms. The Bertz CT molecular complexity index is 1110. The average Bonchev–Trinajstić information content (AvgIpc) is 3.09. The quantitative estimate of drug-likeness (QED) is 0.364. The standard InChI is InChI=1S/C21H24FN5OS/c1-11-12(2)26-27-20-17(11)15(8-23)18(29-20)19(24)25-9-13-5-6-14(7-16(13)22)21(3,4)10-28/h5-8,23,28H,9-10H2,1-4H3,(H2,24,25). The van der Waals surface area contributed by atoms with Crippen molar-refractivity contribution < 1.29 is 9.50 Å². The number of aliphatic hydroxyl groups excluding tert-OH is 1. The zero-order valence-electron chi connectivity index (χ0n) is 16.9. The number of aryl methyl sites for hydroxylation is 2. The van der Waals surface area contributed by atoms with Crippen molar-refractivity contribution in [3.8, 4) is 0 Å². The van der Waals surface area contributed by atoms with Crippen LogP contribution in [-0.4, -0.2) is 34.0 Å². The highest BCUT2D eigenvalue weighted by atomic mass is 32.1. The summed E-state index contributed by atoms with van der Waals surface area (Å²) in [6.45, 7) is 7.55. The number of benzene rings is 1. The number of hydrogen-bond acceptors (Lipinski definition) is 6. The largest absolute Gasteiger partial charge is 0.395 e. The molecule has 0 saturated carbocycles. The second kappa shape index (κ2) is 7.96. The third-order valence-corrected chi connectivity index (χ3v) is 6.30. The van der Waals surface area contributed by atoms with Gasteiger partial charge in [-0.25, -0.2) is 4.39 Å². The Morgan fingerprint density at radius 2 is 2.03 bits per heavy atom. The molecule has 0 aliphatic carbocycles. The molecule has 2 aromatic heterocycles. The summed E-state index contributed by atoms with van der Waals surface area (Å²) in [5.41, 5.74) is 2.98. The van der Waals surface area contributed by atoms with Crippen LogP contribution in [0.4, 0.5) is 4.39 Å². The maximum atomic E-state index is 14.5. The number of aliphatic hydroxyl groups is 1. The van der Waals surface area contributed by atoms with Crippen LogP contribution in [0.15, 0.2) is 18.2 Å². The zero-order valence-corrected chi connectivity index (χ0v) is 17.7. The molecule has 29 heavy (non-hydrogen) atoms. The molecule has 1 aromatic carbocycles. The number of nitrogens with zero attached hydrogens (tertiary/aromatic N) is 2. The molecular weight excluding hydrogens is 389 g/mol. The van der Waals surface area contributed by atoms with Crippen molar-refractivity contribution in [3.05, 3.63) is 56.8 Å². The molecule has 152 valence electrons. The molecule has 0 saturated heterocycles. The van der Waals surface area contributed by atoms with Gasteiger partial charge in [0.25, 0.3) is 0 Å². The Morgan fingerprint density at radius 1 is 1.31 bits per heavy atom. The first kappa shape index (κ1) is 21.0. The normalized spacial score (nSPS) is 11.7. The van der Waals surface area contributed by atoms with Gasteiger partial charge in [0, 0.05) is 34.7 Å². The molecule has 0 aliphatic rings. The first-order chi connectivity index (χ1) is 13.7. The van der Waals surface area contributed by atoms with Crippen molar-refractivity contribution >= 4 is 33.6 Å². The molecule has 0 unspecified atom stereocenters. The molecule has 2 heterocycles. The van der Waals surface area contributed by atoms with E-state index in [0.29, 0.717) is 20.8 Å². The number of aromatic nitrogens is 2. The molecule has 0 bridgehead atoms. The van der Waals surface area contributed by atoms with Crippen LogP contribution in [0.1, 0.15) is 46.7 Å².